The Labute approximate surface area is 134 Å². The monoisotopic (exact) mass is 313 g/mol. The van der Waals surface area contributed by atoms with E-state index >= 15 is 0 Å². The molecule has 1 aliphatic rings. The molecule has 106 valence electrons. The maximum Gasteiger partial charge on any atom is 0.243 e. The van der Waals surface area contributed by atoms with Crippen molar-refractivity contribution in [1.29, 1.82) is 0 Å². The number of benzene rings is 2. The molecule has 0 aromatic heterocycles. The van der Waals surface area contributed by atoms with Crippen LogP contribution in [0.3, 0.4) is 0 Å². The van der Waals surface area contributed by atoms with Gasteiger partial charge in [0.1, 0.15) is 9.74 Å². The largest absolute Gasteiger partial charge is 0.300 e. The summed E-state index contributed by atoms with van der Waals surface area (Å²) in [6.45, 7) is 0. The van der Waals surface area contributed by atoms with Crippen LogP contribution in [0.4, 0.5) is 0 Å². The van der Waals surface area contributed by atoms with E-state index in [0.29, 0.717) is 10.1 Å². The van der Waals surface area contributed by atoms with Crippen molar-refractivity contribution in [2.24, 2.45) is 0 Å². The van der Waals surface area contributed by atoms with Crippen molar-refractivity contribution in [3.63, 3.8) is 0 Å². The van der Waals surface area contributed by atoms with Crippen LogP contribution in [0.1, 0.15) is 11.1 Å². The van der Waals surface area contributed by atoms with Crippen molar-refractivity contribution >= 4 is 34.2 Å². The molecule has 2 nitrogen and oxygen atoms in total. The van der Waals surface area contributed by atoms with Crippen molar-refractivity contribution in [3.05, 3.63) is 71.8 Å². The standard InChI is InChI=1S/C17H15NOS2/c1-18-15(19)17(12-21-16(18)20,13-8-4-2-5-9-13)14-10-6-3-7-11-14/h2-11H,12H2,1H3. The van der Waals surface area contributed by atoms with Gasteiger partial charge in [0.25, 0.3) is 0 Å². The molecular weight excluding hydrogens is 298 g/mol. The summed E-state index contributed by atoms with van der Waals surface area (Å²) in [6, 6.07) is 19.9. The van der Waals surface area contributed by atoms with E-state index in [1.165, 1.54) is 0 Å². The molecule has 1 heterocycles. The smallest absolute Gasteiger partial charge is 0.243 e. The Bertz CT molecular complexity index is 630. The Balaban J connectivity index is 2.22. The Morgan fingerprint density at radius 2 is 1.48 bits per heavy atom. The number of likely N-dealkylation sites (N-methyl/N-ethyl adjacent to an activating group) is 1. The first kappa shape index (κ1) is 14.3. The third-order valence-corrected chi connectivity index (χ3v) is 5.61. The summed E-state index contributed by atoms with van der Waals surface area (Å²) in [7, 11) is 1.76. The highest BCUT2D eigenvalue weighted by Gasteiger charge is 2.47. The predicted octanol–water partition coefficient (Wildman–Crippen LogP) is 3.46. The molecule has 0 saturated carbocycles. The zero-order chi connectivity index (χ0) is 14.9. The van der Waals surface area contributed by atoms with Crippen LogP contribution in [0.15, 0.2) is 60.7 Å². The molecule has 0 unspecified atom stereocenters. The van der Waals surface area contributed by atoms with Gasteiger partial charge < -0.3 is 0 Å². The van der Waals surface area contributed by atoms with E-state index in [9.17, 15) is 4.79 Å². The van der Waals surface area contributed by atoms with E-state index in [0.717, 1.165) is 11.1 Å². The molecule has 1 fully saturated rings. The molecule has 0 aliphatic carbocycles. The molecule has 0 atom stereocenters. The Kier molecular flexibility index (Phi) is 3.83. The number of thioether (sulfide) groups is 1. The number of amides is 1. The van der Waals surface area contributed by atoms with Gasteiger partial charge in [-0.05, 0) is 11.1 Å². The van der Waals surface area contributed by atoms with Gasteiger partial charge in [0.05, 0.1) is 0 Å². The summed E-state index contributed by atoms with van der Waals surface area (Å²) < 4.78 is 0.641. The third kappa shape index (κ3) is 2.28. The lowest BCUT2D eigenvalue weighted by Gasteiger charge is -2.40. The lowest BCUT2D eigenvalue weighted by molar-refractivity contribution is -0.130. The maximum absolute atomic E-state index is 13.1. The summed E-state index contributed by atoms with van der Waals surface area (Å²) in [5.74, 6) is 0.687. The zero-order valence-electron chi connectivity index (χ0n) is 11.7. The van der Waals surface area contributed by atoms with Gasteiger partial charge in [0, 0.05) is 12.8 Å². The molecule has 4 heteroatoms. The zero-order valence-corrected chi connectivity index (χ0v) is 13.3. The van der Waals surface area contributed by atoms with E-state index < -0.39 is 5.41 Å². The number of hydrogen-bond acceptors (Lipinski definition) is 3. The van der Waals surface area contributed by atoms with Crippen LogP contribution >= 0.6 is 24.0 Å². The lowest BCUT2D eigenvalue weighted by Crippen LogP contribution is -2.53. The van der Waals surface area contributed by atoms with Gasteiger partial charge in [0.15, 0.2) is 0 Å². The molecule has 1 aliphatic heterocycles. The fourth-order valence-electron chi connectivity index (χ4n) is 2.72. The quantitative estimate of drug-likeness (QED) is 0.792. The summed E-state index contributed by atoms with van der Waals surface area (Å²) >= 11 is 6.84. The van der Waals surface area contributed by atoms with Gasteiger partial charge >= 0.3 is 0 Å². The van der Waals surface area contributed by atoms with Crippen molar-refractivity contribution < 1.29 is 4.79 Å². The second kappa shape index (κ2) is 5.62. The molecule has 0 N–H and O–H groups in total. The summed E-state index contributed by atoms with van der Waals surface area (Å²) in [4.78, 5) is 14.7. The summed E-state index contributed by atoms with van der Waals surface area (Å²) in [6.07, 6.45) is 0. The molecule has 21 heavy (non-hydrogen) atoms. The number of rotatable bonds is 2. The van der Waals surface area contributed by atoms with Crippen LogP contribution in [0.25, 0.3) is 0 Å². The Hall–Kier alpha value is -1.65. The minimum atomic E-state index is -0.662. The van der Waals surface area contributed by atoms with Gasteiger partial charge in [-0.15, -0.1) is 0 Å². The first-order valence-electron chi connectivity index (χ1n) is 6.72. The van der Waals surface area contributed by atoms with Crippen molar-refractivity contribution in [2.45, 2.75) is 5.41 Å². The minimum Gasteiger partial charge on any atom is -0.300 e. The highest BCUT2D eigenvalue weighted by atomic mass is 32.2. The normalized spacial score (nSPS) is 17.9. The van der Waals surface area contributed by atoms with E-state index in [2.05, 4.69) is 0 Å². The summed E-state index contributed by atoms with van der Waals surface area (Å²) in [5.41, 5.74) is 1.37. The van der Waals surface area contributed by atoms with Crippen LogP contribution in [-0.4, -0.2) is 27.9 Å². The van der Waals surface area contributed by atoms with E-state index in [1.54, 1.807) is 23.7 Å². The van der Waals surface area contributed by atoms with Crippen molar-refractivity contribution in [3.8, 4) is 0 Å². The molecule has 0 radical (unpaired) electrons. The average Bonchev–Trinajstić information content (AvgIpc) is 2.55. The lowest BCUT2D eigenvalue weighted by atomic mass is 9.74. The van der Waals surface area contributed by atoms with Crippen LogP contribution in [0, 0.1) is 0 Å². The van der Waals surface area contributed by atoms with Crippen molar-refractivity contribution in [1.82, 2.24) is 4.90 Å². The molecule has 1 saturated heterocycles. The first-order chi connectivity index (χ1) is 10.2. The topological polar surface area (TPSA) is 20.3 Å². The van der Waals surface area contributed by atoms with Gasteiger partial charge in [-0.2, -0.15) is 0 Å². The fraction of sp³-hybridized carbons (Fsp3) is 0.176. The Morgan fingerprint density at radius 1 is 1.00 bits per heavy atom. The SMILES string of the molecule is CN1C(=O)C(c2ccccc2)(c2ccccc2)CSC1=S. The molecule has 2 aromatic rings. The maximum atomic E-state index is 13.1. The second-order valence-corrected chi connectivity index (χ2v) is 6.67. The van der Waals surface area contributed by atoms with E-state index in [-0.39, 0.29) is 5.91 Å². The average molecular weight is 313 g/mol. The molecule has 2 aromatic carbocycles. The number of nitrogens with zero attached hydrogens (tertiary/aromatic N) is 1. The van der Waals surface area contributed by atoms with Gasteiger partial charge in [-0.1, -0.05) is 84.6 Å². The van der Waals surface area contributed by atoms with E-state index in [4.69, 9.17) is 12.2 Å². The van der Waals surface area contributed by atoms with E-state index in [1.807, 2.05) is 60.7 Å². The van der Waals surface area contributed by atoms with Crippen LogP contribution in [-0.2, 0) is 10.2 Å². The molecule has 0 bridgehead atoms. The molecule has 1 amide bonds. The van der Waals surface area contributed by atoms with Crippen LogP contribution < -0.4 is 0 Å². The molecular formula is C17H15NOS2. The number of thiocarbonyl (C=S) groups is 1. The van der Waals surface area contributed by atoms with Crippen LogP contribution in [0.5, 0.6) is 0 Å². The highest BCUT2D eigenvalue weighted by molar-refractivity contribution is 8.23. The van der Waals surface area contributed by atoms with Crippen molar-refractivity contribution in [2.75, 3.05) is 12.8 Å². The van der Waals surface area contributed by atoms with Gasteiger partial charge in [-0.3, -0.25) is 9.69 Å². The highest BCUT2D eigenvalue weighted by Crippen LogP contribution is 2.41. The number of carbonyl (C=O) groups is 1. The van der Waals surface area contributed by atoms with Gasteiger partial charge in [-0.25, -0.2) is 0 Å². The third-order valence-electron chi connectivity index (χ3n) is 3.89. The van der Waals surface area contributed by atoms with Crippen LogP contribution in [0.2, 0.25) is 0 Å². The fourth-order valence-corrected chi connectivity index (χ4v) is 4.06. The molecule has 3 rings (SSSR count). The predicted molar refractivity (Wildman–Crippen MR) is 91.5 cm³/mol. The second-order valence-electron chi connectivity index (χ2n) is 5.06. The Morgan fingerprint density at radius 3 is 1.95 bits per heavy atom. The first-order valence-corrected chi connectivity index (χ1v) is 8.11. The van der Waals surface area contributed by atoms with Gasteiger partial charge in [0.2, 0.25) is 5.91 Å². The summed E-state index contributed by atoms with van der Waals surface area (Å²) in [5, 5.41) is 0. The number of hydrogen-bond donors (Lipinski definition) is 0. The number of carbonyl (C=O) groups excluding carboxylic acids is 1. The minimum absolute atomic E-state index is 0.0450. The molecule has 0 spiro atoms.